The summed E-state index contributed by atoms with van der Waals surface area (Å²) in [6, 6.07) is 7.68. The molecule has 0 saturated carbocycles. The summed E-state index contributed by atoms with van der Waals surface area (Å²) in [6.45, 7) is 3.03. The number of benzene rings is 1. The van der Waals surface area contributed by atoms with Crippen LogP contribution in [-0.4, -0.2) is 52.8 Å². The third-order valence-corrected chi connectivity index (χ3v) is 5.93. The van der Waals surface area contributed by atoms with Gasteiger partial charge in [0.05, 0.1) is 47.7 Å². The molecule has 4 rings (SSSR count). The molecular formula is C20H22N4O4S. The van der Waals surface area contributed by atoms with Gasteiger partial charge in [0.25, 0.3) is 5.56 Å². The summed E-state index contributed by atoms with van der Waals surface area (Å²) in [7, 11) is 1.32. The molecule has 1 atom stereocenters. The fourth-order valence-corrected chi connectivity index (χ4v) is 4.32. The van der Waals surface area contributed by atoms with Crippen LogP contribution in [0.25, 0.3) is 15.3 Å². The second-order valence-electron chi connectivity index (χ2n) is 6.88. The van der Waals surface area contributed by atoms with Crippen molar-refractivity contribution in [3.63, 3.8) is 0 Å². The van der Waals surface area contributed by atoms with E-state index in [1.165, 1.54) is 23.1 Å². The van der Waals surface area contributed by atoms with Crippen LogP contribution in [0.4, 0.5) is 0 Å². The number of aliphatic imine (C=N–C) groups is 1. The van der Waals surface area contributed by atoms with E-state index in [2.05, 4.69) is 15.1 Å². The predicted octanol–water partition coefficient (Wildman–Crippen LogP) is 2.48. The van der Waals surface area contributed by atoms with Gasteiger partial charge in [-0.05, 0) is 31.9 Å². The molecule has 8 nitrogen and oxygen atoms in total. The number of hydrogen-bond donors (Lipinski definition) is 1. The number of H-pyrrole nitrogens is 1. The highest BCUT2D eigenvalue weighted by Crippen LogP contribution is 2.24. The van der Waals surface area contributed by atoms with Gasteiger partial charge in [-0.1, -0.05) is 23.5 Å². The SMILES string of the molecule is COC(=O)Cc1[nH]n(-c2nc3ccccc3s2)c(=O)c1C(C)=NC[C@H]1CCCO1. The van der Waals surface area contributed by atoms with Crippen LogP contribution < -0.4 is 5.56 Å². The minimum Gasteiger partial charge on any atom is -0.469 e. The Labute approximate surface area is 171 Å². The highest BCUT2D eigenvalue weighted by molar-refractivity contribution is 7.20. The Balaban J connectivity index is 1.74. The van der Waals surface area contributed by atoms with E-state index in [1.807, 2.05) is 24.3 Å². The van der Waals surface area contributed by atoms with Crippen LogP contribution in [0.2, 0.25) is 0 Å². The van der Waals surface area contributed by atoms with Gasteiger partial charge >= 0.3 is 5.97 Å². The van der Waals surface area contributed by atoms with E-state index in [4.69, 9.17) is 9.47 Å². The molecule has 3 aromatic rings. The second-order valence-corrected chi connectivity index (χ2v) is 7.89. The number of hydrogen-bond acceptors (Lipinski definition) is 7. The fourth-order valence-electron chi connectivity index (χ4n) is 3.40. The first-order chi connectivity index (χ1) is 14.1. The average Bonchev–Trinajstić information content (AvgIpc) is 3.44. The zero-order valence-electron chi connectivity index (χ0n) is 16.3. The monoisotopic (exact) mass is 414 g/mol. The summed E-state index contributed by atoms with van der Waals surface area (Å²) in [6.07, 6.45) is 2.03. The van der Waals surface area contributed by atoms with E-state index in [-0.39, 0.29) is 18.1 Å². The Morgan fingerprint density at radius 3 is 3.00 bits per heavy atom. The molecule has 152 valence electrons. The van der Waals surface area contributed by atoms with Crippen molar-refractivity contribution in [2.24, 2.45) is 4.99 Å². The predicted molar refractivity (Wildman–Crippen MR) is 111 cm³/mol. The lowest BCUT2D eigenvalue weighted by Crippen LogP contribution is -2.21. The van der Waals surface area contributed by atoms with Gasteiger partial charge in [0.2, 0.25) is 5.13 Å². The van der Waals surface area contributed by atoms with Crippen molar-refractivity contribution in [3.8, 4) is 5.13 Å². The number of thiazole rings is 1. The standard InChI is InChI=1S/C20H22N4O4S/c1-12(21-11-13-6-5-9-28-13)18-15(10-17(25)27-2)23-24(19(18)26)20-22-14-7-3-4-8-16(14)29-20/h3-4,7-8,13,23H,5-6,9-11H2,1-2H3/t13-/m1/s1. The van der Waals surface area contributed by atoms with Crippen LogP contribution in [0.5, 0.6) is 0 Å². The van der Waals surface area contributed by atoms with Gasteiger partial charge in [0.1, 0.15) is 0 Å². The third kappa shape index (κ3) is 4.01. The molecule has 0 unspecified atom stereocenters. The minimum absolute atomic E-state index is 0.0498. The number of methoxy groups -OCH3 is 1. The summed E-state index contributed by atoms with van der Waals surface area (Å²) in [5.74, 6) is -0.434. The van der Waals surface area contributed by atoms with Crippen molar-refractivity contribution in [2.45, 2.75) is 32.3 Å². The van der Waals surface area contributed by atoms with E-state index in [0.717, 1.165) is 29.7 Å². The largest absolute Gasteiger partial charge is 0.469 e. The van der Waals surface area contributed by atoms with Gasteiger partial charge in [0, 0.05) is 12.3 Å². The zero-order valence-corrected chi connectivity index (χ0v) is 17.1. The summed E-state index contributed by atoms with van der Waals surface area (Å²) in [4.78, 5) is 34.2. The molecule has 1 aromatic carbocycles. The number of carbonyl (C=O) groups is 1. The molecule has 1 N–H and O–H groups in total. The number of nitrogens with zero attached hydrogens (tertiary/aromatic N) is 3. The molecule has 0 aliphatic carbocycles. The van der Waals surface area contributed by atoms with Crippen LogP contribution in [0.1, 0.15) is 31.0 Å². The molecule has 9 heteroatoms. The summed E-state index contributed by atoms with van der Waals surface area (Å²) in [5, 5.41) is 3.55. The van der Waals surface area contributed by atoms with Crippen LogP contribution in [0, 0.1) is 0 Å². The molecule has 0 spiro atoms. The number of esters is 1. The van der Waals surface area contributed by atoms with Gasteiger partial charge in [0.15, 0.2) is 0 Å². The van der Waals surface area contributed by atoms with Crippen molar-refractivity contribution in [2.75, 3.05) is 20.3 Å². The molecule has 1 fully saturated rings. The normalized spacial score (nSPS) is 17.2. The van der Waals surface area contributed by atoms with E-state index >= 15 is 0 Å². The first-order valence-electron chi connectivity index (χ1n) is 9.46. The lowest BCUT2D eigenvalue weighted by molar-refractivity contribution is -0.139. The Hall–Kier alpha value is -2.78. The number of fused-ring (bicyclic) bond motifs is 1. The van der Waals surface area contributed by atoms with Crippen LogP contribution in [-0.2, 0) is 20.7 Å². The van der Waals surface area contributed by atoms with Gasteiger partial charge in [-0.2, -0.15) is 4.68 Å². The Kier molecular flexibility index (Phi) is 5.59. The van der Waals surface area contributed by atoms with E-state index < -0.39 is 5.97 Å². The molecular weight excluding hydrogens is 392 g/mol. The maximum Gasteiger partial charge on any atom is 0.311 e. The van der Waals surface area contributed by atoms with Crippen molar-refractivity contribution in [1.82, 2.24) is 14.8 Å². The first-order valence-corrected chi connectivity index (χ1v) is 10.3. The van der Waals surface area contributed by atoms with Crippen molar-refractivity contribution in [3.05, 3.63) is 45.9 Å². The van der Waals surface area contributed by atoms with Crippen LogP contribution >= 0.6 is 11.3 Å². The smallest absolute Gasteiger partial charge is 0.311 e. The van der Waals surface area contributed by atoms with Crippen LogP contribution in [0.3, 0.4) is 0 Å². The summed E-state index contributed by atoms with van der Waals surface area (Å²) in [5.41, 5.74) is 1.95. The number of para-hydroxylation sites is 1. The third-order valence-electron chi connectivity index (χ3n) is 4.91. The minimum atomic E-state index is -0.434. The van der Waals surface area contributed by atoms with Crippen molar-refractivity contribution in [1.29, 1.82) is 0 Å². The molecule has 1 saturated heterocycles. The molecule has 0 amide bonds. The number of aromatic amines is 1. The molecule has 1 aliphatic heterocycles. The number of rotatable bonds is 6. The maximum absolute atomic E-state index is 13.2. The molecule has 29 heavy (non-hydrogen) atoms. The molecule has 1 aliphatic rings. The molecule has 0 radical (unpaired) electrons. The molecule has 3 heterocycles. The quantitative estimate of drug-likeness (QED) is 0.494. The topological polar surface area (TPSA) is 98.6 Å². The zero-order chi connectivity index (χ0) is 20.4. The van der Waals surface area contributed by atoms with E-state index in [0.29, 0.717) is 28.6 Å². The molecule has 0 bridgehead atoms. The second kappa shape index (κ2) is 8.30. The van der Waals surface area contributed by atoms with Gasteiger partial charge in [-0.3, -0.25) is 19.7 Å². The van der Waals surface area contributed by atoms with E-state index in [9.17, 15) is 9.59 Å². The average molecular weight is 414 g/mol. The lowest BCUT2D eigenvalue weighted by atomic mass is 10.1. The number of ether oxygens (including phenoxy) is 2. The van der Waals surface area contributed by atoms with Gasteiger partial charge in [-0.25, -0.2) is 4.98 Å². The van der Waals surface area contributed by atoms with Gasteiger partial charge in [-0.15, -0.1) is 0 Å². The van der Waals surface area contributed by atoms with Crippen molar-refractivity contribution < 1.29 is 14.3 Å². The molecule has 2 aromatic heterocycles. The van der Waals surface area contributed by atoms with Gasteiger partial charge < -0.3 is 9.47 Å². The highest BCUT2D eigenvalue weighted by atomic mass is 32.1. The Morgan fingerprint density at radius 2 is 2.28 bits per heavy atom. The lowest BCUT2D eigenvalue weighted by Gasteiger charge is -2.06. The summed E-state index contributed by atoms with van der Waals surface area (Å²) < 4.78 is 12.8. The first kappa shape index (κ1) is 19.5. The maximum atomic E-state index is 13.2. The number of nitrogens with one attached hydrogen (secondary N) is 1. The number of carbonyl (C=O) groups excluding carboxylic acids is 1. The Bertz CT molecular complexity index is 1090. The van der Waals surface area contributed by atoms with E-state index in [1.54, 1.807) is 6.92 Å². The fraction of sp³-hybridized carbons (Fsp3) is 0.400. The Morgan fingerprint density at radius 1 is 1.45 bits per heavy atom. The summed E-state index contributed by atoms with van der Waals surface area (Å²) >= 11 is 1.40. The number of aromatic nitrogens is 3. The van der Waals surface area contributed by atoms with Crippen molar-refractivity contribution >= 4 is 33.2 Å². The van der Waals surface area contributed by atoms with Crippen LogP contribution in [0.15, 0.2) is 34.1 Å². The highest BCUT2D eigenvalue weighted by Gasteiger charge is 2.22.